The summed E-state index contributed by atoms with van der Waals surface area (Å²) in [4.78, 5) is 19.9. The number of nitrogens with zero attached hydrogens (tertiary/aromatic N) is 6. The molecule has 39 heavy (non-hydrogen) atoms. The third kappa shape index (κ3) is 5.20. The van der Waals surface area contributed by atoms with E-state index in [9.17, 15) is 0 Å². The molecular weight excluding hydrogens is 484 g/mol. The van der Waals surface area contributed by atoms with Crippen LogP contribution in [0.5, 0.6) is 0 Å². The highest BCUT2D eigenvalue weighted by atomic mass is 15.3. The lowest BCUT2D eigenvalue weighted by molar-refractivity contribution is 0.312. The predicted octanol–water partition coefficient (Wildman–Crippen LogP) is 5.25. The van der Waals surface area contributed by atoms with Gasteiger partial charge in [-0.15, -0.1) is 0 Å². The Kier molecular flexibility index (Phi) is 6.71. The largest absolute Gasteiger partial charge is 0.339 e. The van der Waals surface area contributed by atoms with Crippen LogP contribution in [-0.4, -0.2) is 41.5 Å². The first-order valence-corrected chi connectivity index (χ1v) is 13.0. The van der Waals surface area contributed by atoms with Crippen molar-refractivity contribution in [3.63, 3.8) is 0 Å². The highest BCUT2D eigenvalue weighted by Gasteiger charge is 2.18. The van der Waals surface area contributed by atoms with Gasteiger partial charge in [-0.2, -0.15) is 5.10 Å². The number of fused-ring (bicyclic) bond motifs is 1. The quantitative estimate of drug-likeness (QED) is 0.288. The first-order valence-electron chi connectivity index (χ1n) is 13.0. The number of rotatable bonds is 8. The number of nitrogens with one attached hydrogen (secondary N) is 1. The summed E-state index contributed by atoms with van der Waals surface area (Å²) in [5, 5.41) is 4.30. The van der Waals surface area contributed by atoms with Crippen molar-refractivity contribution in [3.8, 4) is 33.8 Å². The standard InChI is InChI=1S/C31H30N8/c1-21-7-5-12-27(35-21)31-30(25-13-14-29-33-20-34-39(29)18-25)36-28(37-31)19-38(2)17-24-9-3-4-11-26(24)23-10-6-8-22(15-23)16-32/h3-15,18,20H,16-17,19,32H2,1-2H3,(H,36,37). The van der Waals surface area contributed by atoms with Crippen LogP contribution >= 0.6 is 0 Å². The van der Waals surface area contributed by atoms with Crippen molar-refractivity contribution < 1.29 is 0 Å². The van der Waals surface area contributed by atoms with Crippen molar-refractivity contribution in [1.29, 1.82) is 0 Å². The van der Waals surface area contributed by atoms with Gasteiger partial charge in [-0.05, 0) is 66.6 Å². The Bertz CT molecular complexity index is 1750. The summed E-state index contributed by atoms with van der Waals surface area (Å²) in [6, 6.07) is 27.0. The van der Waals surface area contributed by atoms with Gasteiger partial charge in [0.25, 0.3) is 0 Å². The summed E-state index contributed by atoms with van der Waals surface area (Å²) in [6.45, 7) is 3.93. The van der Waals surface area contributed by atoms with Gasteiger partial charge in [0.1, 0.15) is 12.2 Å². The van der Waals surface area contributed by atoms with Crippen LogP contribution < -0.4 is 5.73 Å². The summed E-state index contributed by atoms with van der Waals surface area (Å²) in [5.41, 5.74) is 15.9. The zero-order chi connectivity index (χ0) is 26.8. The molecule has 0 saturated carbocycles. The van der Waals surface area contributed by atoms with Crippen LogP contribution in [0.3, 0.4) is 0 Å². The molecule has 0 saturated heterocycles. The lowest BCUT2D eigenvalue weighted by atomic mass is 9.98. The molecule has 0 spiro atoms. The maximum absolute atomic E-state index is 5.90. The normalized spacial score (nSPS) is 11.5. The Morgan fingerprint density at radius 3 is 2.64 bits per heavy atom. The van der Waals surface area contributed by atoms with E-state index in [1.54, 1.807) is 10.8 Å². The maximum atomic E-state index is 5.90. The molecule has 0 bridgehead atoms. The highest BCUT2D eigenvalue weighted by molar-refractivity contribution is 5.77. The number of aromatic amines is 1. The SMILES string of the molecule is Cc1cccc(-c2[nH]c(CN(C)Cc3ccccc3-c3cccc(CN)c3)nc2-c2ccc3ncnn3c2)n1. The van der Waals surface area contributed by atoms with Crippen LogP contribution in [0.25, 0.3) is 39.4 Å². The number of aromatic nitrogens is 6. The van der Waals surface area contributed by atoms with E-state index in [1.165, 1.54) is 16.7 Å². The zero-order valence-corrected chi connectivity index (χ0v) is 22.0. The van der Waals surface area contributed by atoms with Crippen LogP contribution in [0.15, 0.2) is 91.4 Å². The first kappa shape index (κ1) is 24.7. The van der Waals surface area contributed by atoms with Gasteiger partial charge in [-0.25, -0.2) is 14.5 Å². The average Bonchev–Trinajstić information content (AvgIpc) is 3.60. The highest BCUT2D eigenvalue weighted by Crippen LogP contribution is 2.30. The molecule has 0 radical (unpaired) electrons. The second-order valence-corrected chi connectivity index (χ2v) is 9.79. The molecule has 194 valence electrons. The second kappa shape index (κ2) is 10.6. The number of H-pyrrole nitrogens is 1. The van der Waals surface area contributed by atoms with Crippen LogP contribution in [0.1, 0.15) is 22.6 Å². The Labute approximate surface area is 227 Å². The number of nitrogens with two attached hydrogens (primary N) is 1. The fourth-order valence-electron chi connectivity index (χ4n) is 4.94. The Balaban J connectivity index is 1.31. The minimum atomic E-state index is 0.526. The van der Waals surface area contributed by atoms with Crippen molar-refractivity contribution in [1.82, 2.24) is 34.4 Å². The summed E-state index contributed by atoms with van der Waals surface area (Å²) < 4.78 is 1.76. The number of benzene rings is 2. The van der Waals surface area contributed by atoms with Crippen LogP contribution in [-0.2, 0) is 19.6 Å². The summed E-state index contributed by atoms with van der Waals surface area (Å²) in [7, 11) is 2.11. The topological polar surface area (TPSA) is 101 Å². The molecule has 0 atom stereocenters. The maximum Gasteiger partial charge on any atom is 0.155 e. The summed E-state index contributed by atoms with van der Waals surface area (Å²) >= 11 is 0. The number of imidazole rings is 1. The second-order valence-electron chi connectivity index (χ2n) is 9.79. The molecule has 0 unspecified atom stereocenters. The van der Waals surface area contributed by atoms with Crippen molar-refractivity contribution in [2.75, 3.05) is 7.05 Å². The van der Waals surface area contributed by atoms with E-state index in [0.29, 0.717) is 13.1 Å². The molecule has 4 heterocycles. The van der Waals surface area contributed by atoms with E-state index in [4.69, 9.17) is 15.7 Å². The molecule has 2 aromatic carbocycles. The summed E-state index contributed by atoms with van der Waals surface area (Å²) in [6.07, 6.45) is 3.51. The fraction of sp³-hybridized carbons (Fsp3) is 0.161. The molecule has 8 heteroatoms. The van der Waals surface area contributed by atoms with Gasteiger partial charge in [0, 0.05) is 30.5 Å². The number of hydrogen-bond donors (Lipinski definition) is 2. The van der Waals surface area contributed by atoms with Gasteiger partial charge in [-0.3, -0.25) is 9.88 Å². The molecule has 3 N–H and O–H groups in total. The lowest BCUT2D eigenvalue weighted by Gasteiger charge is -2.18. The molecule has 0 aliphatic rings. The molecule has 6 aromatic rings. The van der Waals surface area contributed by atoms with E-state index in [1.807, 2.05) is 43.5 Å². The molecular formula is C31H30N8. The van der Waals surface area contributed by atoms with Crippen molar-refractivity contribution in [3.05, 3.63) is 114 Å². The Morgan fingerprint density at radius 1 is 0.897 bits per heavy atom. The minimum absolute atomic E-state index is 0.526. The van der Waals surface area contributed by atoms with Gasteiger partial charge in [-0.1, -0.05) is 48.5 Å². The molecule has 0 amide bonds. The Morgan fingerprint density at radius 2 is 1.77 bits per heavy atom. The predicted molar refractivity (Wildman–Crippen MR) is 153 cm³/mol. The first-order chi connectivity index (χ1) is 19.1. The van der Waals surface area contributed by atoms with Gasteiger partial charge in [0.05, 0.1) is 23.6 Å². The van der Waals surface area contributed by atoms with Gasteiger partial charge < -0.3 is 10.7 Å². The number of hydrogen-bond acceptors (Lipinski definition) is 6. The molecule has 0 aliphatic heterocycles. The number of pyridine rings is 2. The van der Waals surface area contributed by atoms with E-state index in [-0.39, 0.29) is 0 Å². The Hall–Kier alpha value is -4.66. The third-order valence-corrected chi connectivity index (χ3v) is 6.80. The zero-order valence-electron chi connectivity index (χ0n) is 22.0. The third-order valence-electron chi connectivity index (χ3n) is 6.80. The van der Waals surface area contributed by atoms with Crippen molar-refractivity contribution >= 4 is 5.65 Å². The number of aryl methyl sites for hydroxylation is 1. The monoisotopic (exact) mass is 514 g/mol. The molecule has 4 aromatic heterocycles. The van der Waals surface area contributed by atoms with E-state index < -0.39 is 0 Å². The van der Waals surface area contributed by atoms with Crippen molar-refractivity contribution in [2.45, 2.75) is 26.6 Å². The summed E-state index contributed by atoms with van der Waals surface area (Å²) in [5.74, 6) is 0.868. The average molecular weight is 515 g/mol. The van der Waals surface area contributed by atoms with Gasteiger partial charge in [0.2, 0.25) is 0 Å². The lowest BCUT2D eigenvalue weighted by Crippen LogP contribution is -2.18. The smallest absolute Gasteiger partial charge is 0.155 e. The molecule has 6 rings (SSSR count). The van der Waals surface area contributed by atoms with E-state index in [2.05, 4.69) is 75.5 Å². The van der Waals surface area contributed by atoms with Crippen LogP contribution in [0.2, 0.25) is 0 Å². The minimum Gasteiger partial charge on any atom is -0.339 e. The van der Waals surface area contributed by atoms with Crippen LogP contribution in [0.4, 0.5) is 0 Å². The molecule has 0 fully saturated rings. The molecule has 8 nitrogen and oxygen atoms in total. The fourth-order valence-corrected chi connectivity index (χ4v) is 4.94. The van der Waals surface area contributed by atoms with Crippen LogP contribution in [0, 0.1) is 6.92 Å². The van der Waals surface area contributed by atoms with E-state index >= 15 is 0 Å². The van der Waals surface area contributed by atoms with Crippen molar-refractivity contribution in [2.24, 2.45) is 5.73 Å². The van der Waals surface area contributed by atoms with Gasteiger partial charge in [0.15, 0.2) is 5.65 Å². The molecule has 0 aliphatic carbocycles. The van der Waals surface area contributed by atoms with E-state index in [0.717, 1.165) is 51.9 Å². The van der Waals surface area contributed by atoms with Gasteiger partial charge >= 0.3 is 0 Å².